The third-order valence-electron chi connectivity index (χ3n) is 6.93. The van der Waals surface area contributed by atoms with E-state index in [4.69, 9.17) is 4.74 Å². The Labute approximate surface area is 207 Å². The Balaban J connectivity index is 1.17. The minimum absolute atomic E-state index is 0.0385. The van der Waals surface area contributed by atoms with Crippen molar-refractivity contribution in [1.29, 1.82) is 0 Å². The number of amides is 1. The lowest BCUT2D eigenvalue weighted by atomic mass is 9.89. The van der Waals surface area contributed by atoms with Crippen molar-refractivity contribution in [3.8, 4) is 0 Å². The van der Waals surface area contributed by atoms with Gasteiger partial charge in [0.2, 0.25) is 0 Å². The SMILES string of the molecule is CCN1CCN(c2ccc(NC(=O)COC(=O)CCC(=O)c3ccc4c(c3)CCCC4)cc2)CC1. The predicted molar refractivity (Wildman–Crippen MR) is 137 cm³/mol. The van der Waals surface area contributed by atoms with Crippen molar-refractivity contribution in [2.75, 3.05) is 49.5 Å². The molecule has 1 heterocycles. The van der Waals surface area contributed by atoms with Crippen LogP contribution < -0.4 is 10.2 Å². The summed E-state index contributed by atoms with van der Waals surface area (Å²) in [6, 6.07) is 13.6. The van der Waals surface area contributed by atoms with E-state index < -0.39 is 11.9 Å². The Morgan fingerprint density at radius 2 is 1.60 bits per heavy atom. The lowest BCUT2D eigenvalue weighted by molar-refractivity contribution is -0.147. The largest absolute Gasteiger partial charge is 0.456 e. The van der Waals surface area contributed by atoms with Crippen molar-refractivity contribution in [2.24, 2.45) is 0 Å². The van der Waals surface area contributed by atoms with E-state index in [2.05, 4.69) is 22.0 Å². The Hall–Kier alpha value is -3.19. The highest BCUT2D eigenvalue weighted by molar-refractivity contribution is 5.98. The molecule has 186 valence electrons. The number of ether oxygens (including phenoxy) is 1. The fourth-order valence-corrected chi connectivity index (χ4v) is 4.76. The number of esters is 1. The quantitative estimate of drug-likeness (QED) is 0.437. The van der Waals surface area contributed by atoms with Crippen LogP contribution in [0.4, 0.5) is 11.4 Å². The van der Waals surface area contributed by atoms with Crippen LogP contribution in [0.2, 0.25) is 0 Å². The fourth-order valence-electron chi connectivity index (χ4n) is 4.76. The molecular weight excluding hydrogens is 442 g/mol. The number of aryl methyl sites for hydroxylation is 2. The van der Waals surface area contributed by atoms with Crippen LogP contribution in [0.1, 0.15) is 54.1 Å². The predicted octanol–water partition coefficient (Wildman–Crippen LogP) is 3.85. The number of Topliss-reactive ketones (excluding diaryl/α,β-unsaturated/α-hetero) is 1. The zero-order chi connectivity index (χ0) is 24.6. The molecular formula is C28H35N3O4. The van der Waals surface area contributed by atoms with Gasteiger partial charge in [-0.2, -0.15) is 0 Å². The highest BCUT2D eigenvalue weighted by atomic mass is 16.5. The molecule has 2 aromatic rings. The molecule has 0 unspecified atom stereocenters. The van der Waals surface area contributed by atoms with E-state index in [0.717, 1.165) is 57.7 Å². The molecule has 0 saturated carbocycles. The van der Waals surface area contributed by atoms with Crippen molar-refractivity contribution in [3.63, 3.8) is 0 Å². The first kappa shape index (κ1) is 24.9. The summed E-state index contributed by atoms with van der Waals surface area (Å²) >= 11 is 0. The molecule has 0 aromatic heterocycles. The van der Waals surface area contributed by atoms with Gasteiger partial charge in [-0.15, -0.1) is 0 Å². The van der Waals surface area contributed by atoms with Gasteiger partial charge in [0, 0.05) is 49.5 Å². The van der Waals surface area contributed by atoms with Crippen LogP contribution >= 0.6 is 0 Å². The second kappa shape index (κ2) is 12.0. The van der Waals surface area contributed by atoms with Gasteiger partial charge in [-0.1, -0.05) is 19.1 Å². The van der Waals surface area contributed by atoms with E-state index in [1.165, 1.54) is 17.5 Å². The highest BCUT2D eigenvalue weighted by Gasteiger charge is 2.17. The van der Waals surface area contributed by atoms with Gasteiger partial charge < -0.3 is 19.9 Å². The van der Waals surface area contributed by atoms with E-state index in [1.54, 1.807) is 0 Å². The number of anilines is 2. The molecule has 0 spiro atoms. The number of piperazine rings is 1. The Morgan fingerprint density at radius 3 is 2.31 bits per heavy atom. The number of fused-ring (bicyclic) bond motifs is 1. The molecule has 1 fully saturated rings. The average molecular weight is 478 g/mol. The molecule has 2 aromatic carbocycles. The van der Waals surface area contributed by atoms with Crippen molar-refractivity contribution >= 4 is 29.0 Å². The minimum Gasteiger partial charge on any atom is -0.456 e. The fraction of sp³-hybridized carbons (Fsp3) is 0.464. The van der Waals surface area contributed by atoms with Gasteiger partial charge in [0.05, 0.1) is 6.42 Å². The van der Waals surface area contributed by atoms with Gasteiger partial charge in [-0.25, -0.2) is 0 Å². The maximum atomic E-state index is 12.5. The molecule has 0 bridgehead atoms. The molecule has 0 radical (unpaired) electrons. The topological polar surface area (TPSA) is 79.0 Å². The molecule has 7 heteroatoms. The molecule has 1 aliphatic heterocycles. The molecule has 1 N–H and O–H groups in total. The first-order valence-corrected chi connectivity index (χ1v) is 12.7. The smallest absolute Gasteiger partial charge is 0.306 e. The van der Waals surface area contributed by atoms with E-state index in [-0.39, 0.29) is 25.2 Å². The molecule has 1 amide bonds. The number of nitrogens with one attached hydrogen (secondary N) is 1. The number of hydrogen-bond donors (Lipinski definition) is 1. The number of likely N-dealkylation sites (N-methyl/N-ethyl adjacent to an activating group) is 1. The second-order valence-corrected chi connectivity index (χ2v) is 9.29. The van der Waals surface area contributed by atoms with Gasteiger partial charge >= 0.3 is 5.97 Å². The van der Waals surface area contributed by atoms with Crippen LogP contribution in [0.5, 0.6) is 0 Å². The summed E-state index contributed by atoms with van der Waals surface area (Å²) in [5, 5.41) is 2.75. The van der Waals surface area contributed by atoms with E-state index in [1.807, 2.05) is 42.5 Å². The zero-order valence-electron chi connectivity index (χ0n) is 20.6. The van der Waals surface area contributed by atoms with E-state index >= 15 is 0 Å². The summed E-state index contributed by atoms with van der Waals surface area (Å²) in [5.74, 6) is -1.02. The van der Waals surface area contributed by atoms with Crippen LogP contribution in [-0.2, 0) is 27.2 Å². The molecule has 0 atom stereocenters. The van der Waals surface area contributed by atoms with Gasteiger partial charge in [-0.3, -0.25) is 14.4 Å². The van der Waals surface area contributed by atoms with Gasteiger partial charge in [0.25, 0.3) is 5.91 Å². The highest BCUT2D eigenvalue weighted by Crippen LogP contribution is 2.23. The van der Waals surface area contributed by atoms with Gasteiger partial charge in [0.15, 0.2) is 12.4 Å². The normalized spacial score (nSPS) is 15.9. The molecule has 35 heavy (non-hydrogen) atoms. The van der Waals surface area contributed by atoms with Crippen molar-refractivity contribution in [1.82, 2.24) is 4.90 Å². The summed E-state index contributed by atoms with van der Waals surface area (Å²) in [4.78, 5) is 41.5. The van der Waals surface area contributed by atoms with Crippen molar-refractivity contribution in [2.45, 2.75) is 45.4 Å². The Morgan fingerprint density at radius 1 is 0.886 bits per heavy atom. The maximum absolute atomic E-state index is 12.5. The molecule has 7 nitrogen and oxygen atoms in total. The number of nitrogens with zero attached hydrogens (tertiary/aromatic N) is 2. The third-order valence-corrected chi connectivity index (χ3v) is 6.93. The third kappa shape index (κ3) is 6.92. The number of carbonyl (C=O) groups excluding carboxylic acids is 3. The lowest BCUT2D eigenvalue weighted by Gasteiger charge is -2.35. The maximum Gasteiger partial charge on any atom is 0.306 e. The van der Waals surface area contributed by atoms with E-state index in [0.29, 0.717) is 11.3 Å². The van der Waals surface area contributed by atoms with Crippen LogP contribution in [0.3, 0.4) is 0 Å². The molecule has 4 rings (SSSR count). The standard InChI is InChI=1S/C28H35N3O4/c1-2-30-15-17-31(18-16-30)25-11-9-24(10-12-25)29-27(33)20-35-28(34)14-13-26(32)23-8-7-21-5-3-4-6-22(21)19-23/h7-12,19H,2-6,13-18,20H2,1H3,(H,29,33). The number of benzene rings is 2. The van der Waals surface area contributed by atoms with Crippen LogP contribution in [0.15, 0.2) is 42.5 Å². The van der Waals surface area contributed by atoms with Crippen molar-refractivity contribution < 1.29 is 19.1 Å². The van der Waals surface area contributed by atoms with Gasteiger partial charge in [-0.05, 0) is 73.7 Å². The average Bonchev–Trinajstić information content (AvgIpc) is 2.90. The summed E-state index contributed by atoms with van der Waals surface area (Å²) in [6.07, 6.45) is 4.46. The molecule has 1 aliphatic carbocycles. The Kier molecular flexibility index (Phi) is 8.53. The summed E-state index contributed by atoms with van der Waals surface area (Å²) < 4.78 is 5.08. The molecule has 2 aliphatic rings. The van der Waals surface area contributed by atoms with Crippen LogP contribution in [-0.4, -0.2) is 61.9 Å². The monoisotopic (exact) mass is 477 g/mol. The van der Waals surface area contributed by atoms with Gasteiger partial charge in [0.1, 0.15) is 0 Å². The second-order valence-electron chi connectivity index (χ2n) is 9.29. The number of rotatable bonds is 9. The van der Waals surface area contributed by atoms with Crippen molar-refractivity contribution in [3.05, 3.63) is 59.2 Å². The van der Waals surface area contributed by atoms with Crippen LogP contribution in [0.25, 0.3) is 0 Å². The first-order valence-electron chi connectivity index (χ1n) is 12.7. The number of ketones is 1. The molecule has 1 saturated heterocycles. The Bertz CT molecular complexity index is 1040. The number of carbonyl (C=O) groups is 3. The minimum atomic E-state index is -0.548. The van der Waals surface area contributed by atoms with E-state index in [9.17, 15) is 14.4 Å². The first-order chi connectivity index (χ1) is 17.0. The summed E-state index contributed by atoms with van der Waals surface area (Å²) in [7, 11) is 0. The summed E-state index contributed by atoms with van der Waals surface area (Å²) in [5.41, 5.74) is 5.00. The number of hydrogen-bond acceptors (Lipinski definition) is 6. The zero-order valence-corrected chi connectivity index (χ0v) is 20.6. The van der Waals surface area contributed by atoms with Crippen LogP contribution in [0, 0.1) is 0 Å². The summed E-state index contributed by atoms with van der Waals surface area (Å²) in [6.45, 7) is 6.98. The lowest BCUT2D eigenvalue weighted by Crippen LogP contribution is -2.46.